The van der Waals surface area contributed by atoms with Crippen molar-refractivity contribution in [3.05, 3.63) is 32.4 Å². The van der Waals surface area contributed by atoms with Crippen LogP contribution < -0.4 is 5.32 Å². The van der Waals surface area contributed by atoms with Gasteiger partial charge in [0.2, 0.25) is 0 Å². The Kier molecular flexibility index (Phi) is 2.60. The van der Waals surface area contributed by atoms with Crippen LogP contribution in [0.15, 0.2) is 12.1 Å². The van der Waals surface area contributed by atoms with E-state index < -0.39 is 0 Å². The molecule has 1 saturated heterocycles. The Morgan fingerprint density at radius 1 is 1.31 bits per heavy atom. The number of benzene rings is 1. The second-order valence-electron chi connectivity index (χ2n) is 3.76. The van der Waals surface area contributed by atoms with E-state index in [1.54, 1.807) is 0 Å². The molecule has 0 aliphatic carbocycles. The van der Waals surface area contributed by atoms with Crippen LogP contribution in [-0.2, 0) is 0 Å². The smallest absolute Gasteiger partial charge is 0.0332 e. The first-order valence-corrected chi connectivity index (χ1v) is 5.76. The maximum atomic E-state index is 3.43. The quantitative estimate of drug-likeness (QED) is 0.783. The van der Waals surface area contributed by atoms with Gasteiger partial charge in [0.25, 0.3) is 0 Å². The molecule has 1 aromatic rings. The minimum Gasteiger partial charge on any atom is -0.310 e. The van der Waals surface area contributed by atoms with Gasteiger partial charge < -0.3 is 5.32 Å². The van der Waals surface area contributed by atoms with Gasteiger partial charge in [-0.25, -0.2) is 0 Å². The van der Waals surface area contributed by atoms with E-state index in [0.717, 1.165) is 0 Å². The summed E-state index contributed by atoms with van der Waals surface area (Å²) >= 11 is 2.42. The van der Waals surface area contributed by atoms with Crippen molar-refractivity contribution in [1.29, 1.82) is 0 Å². The fraction of sp³-hybridized carbons (Fsp3) is 0.455. The Morgan fingerprint density at radius 3 is 2.23 bits per heavy atom. The van der Waals surface area contributed by atoms with Crippen molar-refractivity contribution in [2.24, 2.45) is 0 Å². The third kappa shape index (κ3) is 1.74. The average Bonchev–Trinajstić information content (AvgIpc) is 1.96. The normalized spacial score (nSPS) is 21.3. The lowest BCUT2D eigenvalue weighted by atomic mass is 9.95. The standard InChI is InChI=1S/C11H14IN/c1-7-5-9(10-3-4-13-10)6-8(2)11(7)12/h5-6,10,13H,3-4H2,1-2H3. The minimum atomic E-state index is 0.620. The summed E-state index contributed by atoms with van der Waals surface area (Å²) in [7, 11) is 0. The molecule has 2 heteroatoms. The molecular weight excluding hydrogens is 273 g/mol. The van der Waals surface area contributed by atoms with E-state index in [4.69, 9.17) is 0 Å². The highest BCUT2D eigenvalue weighted by Crippen LogP contribution is 2.27. The molecule has 70 valence electrons. The van der Waals surface area contributed by atoms with E-state index in [9.17, 15) is 0 Å². The summed E-state index contributed by atoms with van der Waals surface area (Å²) in [6.07, 6.45) is 1.29. The topological polar surface area (TPSA) is 12.0 Å². The van der Waals surface area contributed by atoms with Crippen LogP contribution in [0.2, 0.25) is 0 Å². The first-order chi connectivity index (χ1) is 6.18. The summed E-state index contributed by atoms with van der Waals surface area (Å²) in [5.74, 6) is 0. The highest BCUT2D eigenvalue weighted by Gasteiger charge is 2.19. The Labute approximate surface area is 93.1 Å². The number of aryl methyl sites for hydroxylation is 2. The van der Waals surface area contributed by atoms with E-state index in [0.29, 0.717) is 6.04 Å². The molecule has 0 radical (unpaired) electrons. The lowest BCUT2D eigenvalue weighted by molar-refractivity contribution is 0.383. The zero-order valence-electron chi connectivity index (χ0n) is 8.02. The lowest BCUT2D eigenvalue weighted by Gasteiger charge is -2.28. The van der Waals surface area contributed by atoms with Gasteiger partial charge in [-0.3, -0.25) is 0 Å². The van der Waals surface area contributed by atoms with Crippen LogP contribution in [0.25, 0.3) is 0 Å². The predicted molar refractivity (Wildman–Crippen MR) is 64.0 cm³/mol. The number of hydrogen-bond donors (Lipinski definition) is 1. The predicted octanol–water partition coefficient (Wildman–Crippen LogP) is 2.94. The summed E-state index contributed by atoms with van der Waals surface area (Å²) in [5, 5.41) is 3.43. The van der Waals surface area contributed by atoms with E-state index in [2.05, 4.69) is 53.9 Å². The Bertz CT molecular complexity index is 306. The second-order valence-corrected chi connectivity index (χ2v) is 4.84. The molecule has 1 N–H and O–H groups in total. The minimum absolute atomic E-state index is 0.620. The maximum Gasteiger partial charge on any atom is 0.0332 e. The summed E-state index contributed by atoms with van der Waals surface area (Å²) in [6, 6.07) is 5.24. The van der Waals surface area contributed by atoms with Crippen molar-refractivity contribution in [1.82, 2.24) is 5.32 Å². The molecule has 0 aromatic heterocycles. The lowest BCUT2D eigenvalue weighted by Crippen LogP contribution is -2.35. The number of rotatable bonds is 1. The molecule has 0 saturated carbocycles. The van der Waals surface area contributed by atoms with Crippen LogP contribution in [0.5, 0.6) is 0 Å². The Balaban J connectivity index is 2.37. The fourth-order valence-corrected chi connectivity index (χ4v) is 2.07. The summed E-state index contributed by atoms with van der Waals surface area (Å²) < 4.78 is 1.40. The van der Waals surface area contributed by atoms with Crippen molar-refractivity contribution in [3.63, 3.8) is 0 Å². The molecule has 0 amide bonds. The highest BCUT2D eigenvalue weighted by atomic mass is 127. The van der Waals surface area contributed by atoms with E-state index in [1.807, 2.05) is 0 Å². The van der Waals surface area contributed by atoms with Crippen LogP contribution in [-0.4, -0.2) is 6.54 Å². The Hall–Kier alpha value is -0.0900. The van der Waals surface area contributed by atoms with Gasteiger partial charge in [-0.2, -0.15) is 0 Å². The zero-order chi connectivity index (χ0) is 9.42. The van der Waals surface area contributed by atoms with Crippen LogP contribution in [0, 0.1) is 17.4 Å². The third-order valence-electron chi connectivity index (χ3n) is 2.68. The molecule has 13 heavy (non-hydrogen) atoms. The molecule has 1 heterocycles. The van der Waals surface area contributed by atoms with Gasteiger partial charge in [0.15, 0.2) is 0 Å². The van der Waals surface area contributed by atoms with Crippen LogP contribution in [0.1, 0.15) is 29.2 Å². The van der Waals surface area contributed by atoms with E-state index in [-0.39, 0.29) is 0 Å². The average molecular weight is 287 g/mol. The number of halogens is 1. The van der Waals surface area contributed by atoms with Gasteiger partial charge in [-0.1, -0.05) is 12.1 Å². The molecule has 2 rings (SSSR count). The SMILES string of the molecule is Cc1cc(C2CCN2)cc(C)c1I. The third-order valence-corrected chi connectivity index (χ3v) is 4.39. The van der Waals surface area contributed by atoms with E-state index in [1.165, 1.54) is 33.2 Å². The first kappa shape index (κ1) is 9.46. The van der Waals surface area contributed by atoms with Gasteiger partial charge in [0, 0.05) is 9.61 Å². The van der Waals surface area contributed by atoms with Crippen molar-refractivity contribution >= 4 is 22.6 Å². The van der Waals surface area contributed by atoms with Crippen molar-refractivity contribution in [3.8, 4) is 0 Å². The molecule has 1 aliphatic heterocycles. The second kappa shape index (κ2) is 3.58. The maximum absolute atomic E-state index is 3.43. The van der Waals surface area contributed by atoms with Gasteiger partial charge >= 0.3 is 0 Å². The molecule has 1 nitrogen and oxygen atoms in total. The molecule has 1 aromatic carbocycles. The molecule has 1 aliphatic rings. The summed E-state index contributed by atoms with van der Waals surface area (Å²) in [5.41, 5.74) is 4.27. The van der Waals surface area contributed by atoms with E-state index >= 15 is 0 Å². The van der Waals surface area contributed by atoms with Crippen molar-refractivity contribution in [2.45, 2.75) is 26.3 Å². The summed E-state index contributed by atoms with van der Waals surface area (Å²) in [6.45, 7) is 5.56. The van der Waals surface area contributed by atoms with Gasteiger partial charge in [-0.05, 0) is 66.1 Å². The van der Waals surface area contributed by atoms with Gasteiger partial charge in [0.1, 0.15) is 0 Å². The molecule has 0 spiro atoms. The summed E-state index contributed by atoms with van der Waals surface area (Å²) in [4.78, 5) is 0. The highest BCUT2D eigenvalue weighted by molar-refractivity contribution is 14.1. The van der Waals surface area contributed by atoms with Crippen LogP contribution in [0.4, 0.5) is 0 Å². The monoisotopic (exact) mass is 287 g/mol. The van der Waals surface area contributed by atoms with Crippen molar-refractivity contribution in [2.75, 3.05) is 6.54 Å². The molecule has 1 unspecified atom stereocenters. The molecular formula is C11H14IN. The van der Waals surface area contributed by atoms with Gasteiger partial charge in [-0.15, -0.1) is 0 Å². The van der Waals surface area contributed by atoms with Gasteiger partial charge in [0.05, 0.1) is 0 Å². The Morgan fingerprint density at radius 2 is 1.85 bits per heavy atom. The number of nitrogens with one attached hydrogen (secondary N) is 1. The van der Waals surface area contributed by atoms with Crippen LogP contribution in [0.3, 0.4) is 0 Å². The zero-order valence-corrected chi connectivity index (χ0v) is 10.2. The molecule has 1 fully saturated rings. The first-order valence-electron chi connectivity index (χ1n) is 4.68. The fourth-order valence-electron chi connectivity index (χ4n) is 1.75. The molecule has 0 bridgehead atoms. The van der Waals surface area contributed by atoms with Crippen LogP contribution >= 0.6 is 22.6 Å². The molecule has 1 atom stereocenters. The van der Waals surface area contributed by atoms with Crippen molar-refractivity contribution < 1.29 is 0 Å². The largest absolute Gasteiger partial charge is 0.310 e. The number of hydrogen-bond acceptors (Lipinski definition) is 1.